The Morgan fingerprint density at radius 3 is 2.52 bits per heavy atom. The molecule has 0 aromatic heterocycles. The van der Waals surface area contributed by atoms with Gasteiger partial charge in [0, 0.05) is 30.6 Å². The molecule has 1 fully saturated rings. The minimum absolute atomic E-state index is 0.0307. The molecule has 1 aromatic rings. The van der Waals surface area contributed by atoms with Crippen LogP contribution in [0.2, 0.25) is 0 Å². The number of nitrogens with one attached hydrogen (secondary N) is 1. The van der Waals surface area contributed by atoms with Crippen molar-refractivity contribution < 1.29 is 4.79 Å². The third-order valence-corrected chi connectivity index (χ3v) is 4.43. The highest BCUT2D eigenvalue weighted by Gasteiger charge is 2.20. The van der Waals surface area contributed by atoms with E-state index in [1.165, 1.54) is 19.4 Å². The van der Waals surface area contributed by atoms with Crippen LogP contribution in [0.3, 0.4) is 0 Å². The van der Waals surface area contributed by atoms with E-state index in [1.807, 2.05) is 24.3 Å². The number of carbonyl (C=O) groups is 1. The Hall–Kier alpha value is -1.06. The number of halogens is 1. The zero-order chi connectivity index (χ0) is 15.1. The van der Waals surface area contributed by atoms with Crippen molar-refractivity contribution in [2.75, 3.05) is 19.6 Å². The number of likely N-dealkylation sites (tertiary alicyclic amines) is 1. The van der Waals surface area contributed by atoms with Gasteiger partial charge in [0.05, 0.1) is 0 Å². The number of piperidine rings is 1. The molecule has 1 aliphatic heterocycles. The summed E-state index contributed by atoms with van der Waals surface area (Å²) in [5.41, 5.74) is 1.76. The molecule has 1 aromatic carbocycles. The Kier molecular flexibility index (Phi) is 6.52. The van der Waals surface area contributed by atoms with E-state index in [0.717, 1.165) is 37.1 Å². The van der Waals surface area contributed by atoms with Gasteiger partial charge in [0.1, 0.15) is 0 Å². The molecule has 116 valence electrons. The van der Waals surface area contributed by atoms with Gasteiger partial charge >= 0.3 is 0 Å². The zero-order valence-electron chi connectivity index (χ0n) is 12.8. The van der Waals surface area contributed by atoms with Gasteiger partial charge in [-0.15, -0.1) is 11.6 Å². The van der Waals surface area contributed by atoms with Crippen LogP contribution < -0.4 is 5.32 Å². The van der Waals surface area contributed by atoms with Crippen LogP contribution in [-0.2, 0) is 5.88 Å². The van der Waals surface area contributed by atoms with Crippen LogP contribution in [-0.4, -0.2) is 36.5 Å². The predicted octanol–water partition coefficient (Wildman–Crippen LogP) is 3.42. The summed E-state index contributed by atoms with van der Waals surface area (Å²) in [5, 5.41) is 3.15. The number of rotatable bonds is 6. The molecule has 0 bridgehead atoms. The van der Waals surface area contributed by atoms with Gasteiger partial charge in [0.2, 0.25) is 0 Å². The molecule has 0 atom stereocenters. The molecule has 1 aliphatic rings. The van der Waals surface area contributed by atoms with Crippen molar-refractivity contribution in [3.8, 4) is 0 Å². The van der Waals surface area contributed by atoms with Gasteiger partial charge in [-0.25, -0.2) is 0 Å². The Labute approximate surface area is 132 Å². The van der Waals surface area contributed by atoms with Crippen LogP contribution in [0.25, 0.3) is 0 Å². The summed E-state index contributed by atoms with van der Waals surface area (Å²) in [4.78, 5) is 14.7. The number of nitrogens with zero attached hydrogens (tertiary/aromatic N) is 1. The number of benzene rings is 1. The molecule has 0 unspecified atom stereocenters. The summed E-state index contributed by atoms with van der Waals surface area (Å²) < 4.78 is 0. The van der Waals surface area contributed by atoms with Gasteiger partial charge in [0.15, 0.2) is 0 Å². The van der Waals surface area contributed by atoms with E-state index in [1.54, 1.807) is 0 Å². The van der Waals surface area contributed by atoms with Crippen LogP contribution in [0.5, 0.6) is 0 Å². The van der Waals surface area contributed by atoms with Crippen LogP contribution in [0.15, 0.2) is 24.3 Å². The molecule has 21 heavy (non-hydrogen) atoms. The summed E-state index contributed by atoms with van der Waals surface area (Å²) in [6, 6.07) is 7.83. The summed E-state index contributed by atoms with van der Waals surface area (Å²) >= 11 is 5.76. The van der Waals surface area contributed by atoms with Crippen molar-refractivity contribution in [2.45, 2.75) is 44.5 Å². The second-order valence-electron chi connectivity index (χ2n) is 5.77. The van der Waals surface area contributed by atoms with E-state index >= 15 is 0 Å². The Morgan fingerprint density at radius 1 is 1.29 bits per heavy atom. The summed E-state index contributed by atoms with van der Waals surface area (Å²) in [6.07, 6.45) is 4.61. The van der Waals surface area contributed by atoms with E-state index in [-0.39, 0.29) is 5.91 Å². The first-order chi connectivity index (χ1) is 10.2. The lowest BCUT2D eigenvalue weighted by atomic mass is 10.0. The molecular formula is C17H25ClN2O. The third kappa shape index (κ3) is 5.01. The van der Waals surface area contributed by atoms with Crippen LogP contribution in [0.4, 0.5) is 0 Å². The fourth-order valence-electron chi connectivity index (χ4n) is 2.70. The van der Waals surface area contributed by atoms with Crippen molar-refractivity contribution in [3.63, 3.8) is 0 Å². The molecule has 1 amide bonds. The monoisotopic (exact) mass is 308 g/mol. The lowest BCUT2D eigenvalue weighted by molar-refractivity contribution is 0.0911. The van der Waals surface area contributed by atoms with Crippen molar-refractivity contribution in [1.82, 2.24) is 10.2 Å². The molecule has 2 rings (SSSR count). The molecular weight excluding hydrogens is 284 g/mol. The summed E-state index contributed by atoms with van der Waals surface area (Å²) in [5.74, 6) is 0.515. The lowest BCUT2D eigenvalue weighted by Gasteiger charge is -2.32. The van der Waals surface area contributed by atoms with Gasteiger partial charge < -0.3 is 10.2 Å². The maximum Gasteiger partial charge on any atom is 0.251 e. The fraction of sp³-hybridized carbons (Fsp3) is 0.588. The average Bonchev–Trinajstić information content (AvgIpc) is 2.54. The number of hydrogen-bond donors (Lipinski definition) is 1. The second kappa shape index (κ2) is 8.40. The highest BCUT2D eigenvalue weighted by molar-refractivity contribution is 6.17. The van der Waals surface area contributed by atoms with Crippen molar-refractivity contribution in [1.29, 1.82) is 0 Å². The van der Waals surface area contributed by atoms with Gasteiger partial charge in [-0.05, 0) is 43.5 Å². The third-order valence-electron chi connectivity index (χ3n) is 4.12. The average molecular weight is 309 g/mol. The van der Waals surface area contributed by atoms with Gasteiger partial charge in [-0.3, -0.25) is 4.79 Å². The molecule has 1 N–H and O–H groups in total. The van der Waals surface area contributed by atoms with Crippen LogP contribution in [0, 0.1) is 0 Å². The minimum Gasteiger partial charge on any atom is -0.349 e. The first kappa shape index (κ1) is 16.3. The van der Waals surface area contributed by atoms with E-state index < -0.39 is 0 Å². The highest BCUT2D eigenvalue weighted by Crippen LogP contribution is 2.13. The number of unbranched alkanes of at least 4 members (excludes halogenated alkanes) is 1. The number of hydrogen-bond acceptors (Lipinski definition) is 2. The van der Waals surface area contributed by atoms with E-state index in [4.69, 9.17) is 11.6 Å². The molecule has 0 aliphatic carbocycles. The molecule has 3 nitrogen and oxygen atoms in total. The van der Waals surface area contributed by atoms with E-state index in [9.17, 15) is 4.79 Å². The zero-order valence-corrected chi connectivity index (χ0v) is 13.5. The summed E-state index contributed by atoms with van der Waals surface area (Å²) in [7, 11) is 0. The Bertz CT molecular complexity index is 439. The Morgan fingerprint density at radius 2 is 1.95 bits per heavy atom. The standard InChI is InChI=1S/C17H25ClN2O/c1-2-3-10-20-11-8-16(9-12-20)19-17(21)15-6-4-14(13-18)5-7-15/h4-7,16H,2-3,8-13H2,1H3,(H,19,21). The topological polar surface area (TPSA) is 32.3 Å². The number of alkyl halides is 1. The van der Waals surface area contributed by atoms with Gasteiger partial charge in [-0.1, -0.05) is 25.5 Å². The first-order valence-electron chi connectivity index (χ1n) is 7.91. The first-order valence-corrected chi connectivity index (χ1v) is 8.44. The number of carbonyl (C=O) groups excluding carboxylic acids is 1. The Balaban J connectivity index is 1.78. The second-order valence-corrected chi connectivity index (χ2v) is 6.04. The smallest absolute Gasteiger partial charge is 0.251 e. The van der Waals surface area contributed by atoms with Crippen molar-refractivity contribution >= 4 is 17.5 Å². The highest BCUT2D eigenvalue weighted by atomic mass is 35.5. The lowest BCUT2D eigenvalue weighted by Crippen LogP contribution is -2.44. The number of amides is 1. The molecule has 0 saturated carbocycles. The molecule has 1 saturated heterocycles. The normalized spacial score (nSPS) is 16.9. The van der Waals surface area contributed by atoms with E-state index in [0.29, 0.717) is 11.9 Å². The minimum atomic E-state index is 0.0307. The predicted molar refractivity (Wildman–Crippen MR) is 87.8 cm³/mol. The molecule has 0 radical (unpaired) electrons. The van der Waals surface area contributed by atoms with Crippen molar-refractivity contribution in [3.05, 3.63) is 35.4 Å². The molecule has 1 heterocycles. The maximum atomic E-state index is 12.2. The van der Waals surface area contributed by atoms with Crippen LogP contribution in [0.1, 0.15) is 48.5 Å². The van der Waals surface area contributed by atoms with Crippen LogP contribution >= 0.6 is 11.6 Å². The molecule has 0 spiro atoms. The summed E-state index contributed by atoms with van der Waals surface area (Å²) in [6.45, 7) is 5.60. The SMILES string of the molecule is CCCCN1CCC(NC(=O)c2ccc(CCl)cc2)CC1. The maximum absolute atomic E-state index is 12.2. The quantitative estimate of drug-likeness (QED) is 0.817. The fourth-order valence-corrected chi connectivity index (χ4v) is 2.87. The van der Waals surface area contributed by atoms with Crippen molar-refractivity contribution in [2.24, 2.45) is 0 Å². The van der Waals surface area contributed by atoms with Gasteiger partial charge in [0.25, 0.3) is 5.91 Å². The largest absolute Gasteiger partial charge is 0.349 e. The van der Waals surface area contributed by atoms with Gasteiger partial charge in [-0.2, -0.15) is 0 Å². The van der Waals surface area contributed by atoms with E-state index in [2.05, 4.69) is 17.1 Å². The molecule has 4 heteroatoms.